The molecule has 1 atom stereocenters. The summed E-state index contributed by atoms with van der Waals surface area (Å²) in [6.45, 7) is 1.69. The Balaban J connectivity index is 1.64. The Hall–Kier alpha value is -2.26. The molecule has 0 aliphatic carbocycles. The number of thioether (sulfide) groups is 1. The molecule has 136 valence electrons. The summed E-state index contributed by atoms with van der Waals surface area (Å²) in [6, 6.07) is 7.02. The Morgan fingerprint density at radius 3 is 2.85 bits per heavy atom. The van der Waals surface area contributed by atoms with Crippen LogP contribution < -0.4 is 5.32 Å². The maximum Gasteiger partial charge on any atom is 0.237 e. The Morgan fingerprint density at radius 2 is 2.15 bits per heavy atom. The molecule has 0 fully saturated rings. The van der Waals surface area contributed by atoms with E-state index in [1.807, 2.05) is 29.1 Å². The zero-order valence-electron chi connectivity index (χ0n) is 14.1. The minimum atomic E-state index is -0.813. The van der Waals surface area contributed by atoms with Crippen LogP contribution in [-0.2, 0) is 18.3 Å². The van der Waals surface area contributed by atoms with Crippen LogP contribution in [0.25, 0.3) is 0 Å². The summed E-state index contributed by atoms with van der Waals surface area (Å²) in [5.41, 5.74) is -0.0554. The van der Waals surface area contributed by atoms with E-state index in [0.717, 1.165) is 18.0 Å². The first-order valence-corrected chi connectivity index (χ1v) is 9.53. The normalized spacial score (nSPS) is 12.2. The van der Waals surface area contributed by atoms with Gasteiger partial charge in [-0.25, -0.2) is 8.78 Å². The molecule has 0 saturated heterocycles. The van der Waals surface area contributed by atoms with Gasteiger partial charge in [-0.1, -0.05) is 17.8 Å². The Morgan fingerprint density at radius 1 is 1.35 bits per heavy atom. The van der Waals surface area contributed by atoms with Crippen molar-refractivity contribution < 1.29 is 13.6 Å². The number of hydrogen-bond acceptors (Lipinski definition) is 5. The molecule has 0 saturated carbocycles. The number of carbonyl (C=O) groups is 1. The topological polar surface area (TPSA) is 59.8 Å². The van der Waals surface area contributed by atoms with Crippen LogP contribution in [0.5, 0.6) is 0 Å². The molecule has 2 heterocycles. The zero-order chi connectivity index (χ0) is 18.7. The number of hydrogen-bond donors (Lipinski definition) is 1. The van der Waals surface area contributed by atoms with Gasteiger partial charge in [0.15, 0.2) is 5.16 Å². The van der Waals surface area contributed by atoms with E-state index in [9.17, 15) is 13.6 Å². The van der Waals surface area contributed by atoms with E-state index in [2.05, 4.69) is 15.5 Å². The number of carbonyl (C=O) groups excluding carboxylic acids is 1. The molecule has 1 aromatic carbocycles. The highest BCUT2D eigenvalue weighted by Crippen LogP contribution is 2.24. The number of benzene rings is 1. The van der Waals surface area contributed by atoms with Crippen molar-refractivity contribution in [2.75, 3.05) is 5.32 Å². The lowest BCUT2D eigenvalue weighted by Crippen LogP contribution is -2.23. The van der Waals surface area contributed by atoms with Crippen molar-refractivity contribution in [1.29, 1.82) is 0 Å². The quantitative estimate of drug-likeness (QED) is 0.645. The summed E-state index contributed by atoms with van der Waals surface area (Å²) in [5, 5.41) is 12.8. The van der Waals surface area contributed by atoms with Crippen molar-refractivity contribution in [2.24, 2.45) is 7.05 Å². The Bertz CT molecular complexity index is 912. The molecule has 0 spiro atoms. The van der Waals surface area contributed by atoms with Crippen LogP contribution in [0, 0.1) is 11.6 Å². The number of nitrogens with one attached hydrogen (secondary N) is 1. The summed E-state index contributed by atoms with van der Waals surface area (Å²) >= 11 is 2.87. The van der Waals surface area contributed by atoms with Crippen LogP contribution in [0.4, 0.5) is 14.5 Å². The summed E-state index contributed by atoms with van der Waals surface area (Å²) < 4.78 is 28.4. The van der Waals surface area contributed by atoms with Crippen LogP contribution in [-0.4, -0.2) is 25.9 Å². The number of amides is 1. The van der Waals surface area contributed by atoms with Crippen molar-refractivity contribution in [3.63, 3.8) is 0 Å². The van der Waals surface area contributed by atoms with Gasteiger partial charge >= 0.3 is 0 Å². The summed E-state index contributed by atoms with van der Waals surface area (Å²) in [5.74, 6) is -1.11. The second-order valence-electron chi connectivity index (χ2n) is 5.59. The molecule has 5 nitrogen and oxygen atoms in total. The molecule has 3 aromatic rings. The number of anilines is 1. The third-order valence-corrected chi connectivity index (χ3v) is 5.69. The Labute approximate surface area is 157 Å². The van der Waals surface area contributed by atoms with Gasteiger partial charge in [-0.3, -0.25) is 4.79 Å². The fourth-order valence-corrected chi connectivity index (χ4v) is 3.74. The molecule has 0 aliphatic rings. The second-order valence-corrected chi connectivity index (χ2v) is 7.93. The predicted octanol–water partition coefficient (Wildman–Crippen LogP) is 3.86. The number of aromatic nitrogens is 3. The van der Waals surface area contributed by atoms with E-state index in [-0.39, 0.29) is 5.69 Å². The standard InChI is InChI=1S/C17H16F2N4OS2/c1-10(16(24)20-14-6-5-11(18)8-13(14)19)26-17-22-21-15(23(17)2)9-12-4-3-7-25-12/h3-8,10H,9H2,1-2H3,(H,20,24)/t10-/m1/s1. The average Bonchev–Trinajstić information content (AvgIpc) is 3.22. The van der Waals surface area contributed by atoms with E-state index in [0.29, 0.717) is 11.6 Å². The maximum atomic E-state index is 13.7. The van der Waals surface area contributed by atoms with Crippen molar-refractivity contribution in [3.8, 4) is 0 Å². The molecule has 2 aromatic heterocycles. The van der Waals surface area contributed by atoms with Gasteiger partial charge in [0.05, 0.1) is 10.9 Å². The maximum absolute atomic E-state index is 13.7. The first-order valence-electron chi connectivity index (χ1n) is 7.77. The molecule has 0 bridgehead atoms. The molecule has 1 N–H and O–H groups in total. The molecule has 3 rings (SSSR count). The highest BCUT2D eigenvalue weighted by Gasteiger charge is 2.20. The van der Waals surface area contributed by atoms with Gasteiger partial charge in [-0.2, -0.15) is 0 Å². The van der Waals surface area contributed by atoms with Crippen LogP contribution in [0.15, 0.2) is 40.9 Å². The molecule has 26 heavy (non-hydrogen) atoms. The first-order chi connectivity index (χ1) is 12.4. The SMILES string of the molecule is C[C@@H](Sc1nnc(Cc2cccs2)n1C)C(=O)Nc1ccc(F)cc1F. The fourth-order valence-electron chi connectivity index (χ4n) is 2.21. The fraction of sp³-hybridized carbons (Fsp3) is 0.235. The Kier molecular flexibility index (Phi) is 5.67. The molecule has 0 aliphatic heterocycles. The van der Waals surface area contributed by atoms with E-state index in [1.54, 1.807) is 18.3 Å². The van der Waals surface area contributed by atoms with Crippen molar-refractivity contribution in [2.45, 2.75) is 23.8 Å². The molecule has 1 amide bonds. The smallest absolute Gasteiger partial charge is 0.237 e. The van der Waals surface area contributed by atoms with Crippen LogP contribution in [0.3, 0.4) is 0 Å². The van der Waals surface area contributed by atoms with E-state index < -0.39 is 22.8 Å². The molecular formula is C17H16F2N4OS2. The summed E-state index contributed by atoms with van der Waals surface area (Å²) in [4.78, 5) is 13.5. The van der Waals surface area contributed by atoms with Gasteiger partial charge in [0.1, 0.15) is 17.5 Å². The van der Waals surface area contributed by atoms with Gasteiger partial charge in [-0.05, 0) is 30.5 Å². The van der Waals surface area contributed by atoms with Crippen molar-refractivity contribution in [3.05, 3.63) is 58.0 Å². The number of rotatable bonds is 6. The molecule has 0 radical (unpaired) electrons. The molecule has 9 heteroatoms. The number of halogens is 2. The number of thiophene rings is 1. The minimum Gasteiger partial charge on any atom is -0.323 e. The highest BCUT2D eigenvalue weighted by molar-refractivity contribution is 8.00. The van der Waals surface area contributed by atoms with Crippen LogP contribution in [0.2, 0.25) is 0 Å². The number of nitrogens with zero attached hydrogens (tertiary/aromatic N) is 3. The molecule has 0 unspecified atom stereocenters. The third kappa shape index (κ3) is 4.28. The van der Waals surface area contributed by atoms with Crippen LogP contribution in [0.1, 0.15) is 17.6 Å². The van der Waals surface area contributed by atoms with Gasteiger partial charge in [0.2, 0.25) is 5.91 Å². The molecular weight excluding hydrogens is 378 g/mol. The zero-order valence-corrected chi connectivity index (χ0v) is 15.7. The highest BCUT2D eigenvalue weighted by atomic mass is 32.2. The van der Waals surface area contributed by atoms with E-state index >= 15 is 0 Å². The van der Waals surface area contributed by atoms with E-state index in [1.165, 1.54) is 22.7 Å². The van der Waals surface area contributed by atoms with Gasteiger partial charge in [-0.15, -0.1) is 21.5 Å². The third-order valence-electron chi connectivity index (χ3n) is 3.68. The van der Waals surface area contributed by atoms with Crippen molar-refractivity contribution >= 4 is 34.7 Å². The van der Waals surface area contributed by atoms with Gasteiger partial charge in [0, 0.05) is 24.4 Å². The lowest BCUT2D eigenvalue weighted by molar-refractivity contribution is -0.115. The second kappa shape index (κ2) is 7.96. The lowest BCUT2D eigenvalue weighted by atomic mass is 10.3. The average molecular weight is 394 g/mol. The van der Waals surface area contributed by atoms with Crippen molar-refractivity contribution in [1.82, 2.24) is 14.8 Å². The summed E-state index contributed by atoms with van der Waals surface area (Å²) in [7, 11) is 1.84. The predicted molar refractivity (Wildman–Crippen MR) is 98.4 cm³/mol. The summed E-state index contributed by atoms with van der Waals surface area (Å²) in [6.07, 6.45) is 0.670. The monoisotopic (exact) mass is 394 g/mol. The van der Waals surface area contributed by atoms with Gasteiger partial charge in [0.25, 0.3) is 0 Å². The lowest BCUT2D eigenvalue weighted by Gasteiger charge is -2.12. The van der Waals surface area contributed by atoms with Crippen LogP contribution >= 0.6 is 23.1 Å². The minimum absolute atomic E-state index is 0.0554. The first kappa shape index (κ1) is 18.5. The largest absolute Gasteiger partial charge is 0.323 e. The van der Waals surface area contributed by atoms with Gasteiger partial charge < -0.3 is 9.88 Å². The van der Waals surface area contributed by atoms with E-state index in [4.69, 9.17) is 0 Å².